The molecule has 0 amide bonds. The SMILES string of the molecule is COc1cc(C#CCC(F)(F)F)cc(OC)c1OC. The maximum Gasteiger partial charge on any atom is 0.399 e. The van der Waals surface area contributed by atoms with E-state index in [1.165, 1.54) is 33.5 Å². The Morgan fingerprint density at radius 3 is 1.89 bits per heavy atom. The van der Waals surface area contributed by atoms with Gasteiger partial charge in [-0.25, -0.2) is 0 Å². The van der Waals surface area contributed by atoms with Gasteiger partial charge in [-0.15, -0.1) is 0 Å². The predicted molar refractivity (Wildman–Crippen MR) is 63.6 cm³/mol. The van der Waals surface area contributed by atoms with Crippen LogP contribution in [0.4, 0.5) is 13.2 Å². The van der Waals surface area contributed by atoms with Gasteiger partial charge in [-0.1, -0.05) is 11.8 Å². The summed E-state index contributed by atoms with van der Waals surface area (Å²) in [6.07, 6.45) is -5.46. The maximum absolute atomic E-state index is 12.0. The lowest BCUT2D eigenvalue weighted by molar-refractivity contribution is -0.123. The second kappa shape index (κ2) is 6.23. The van der Waals surface area contributed by atoms with Gasteiger partial charge >= 0.3 is 6.18 Å². The Balaban J connectivity index is 3.09. The molecule has 0 saturated carbocycles. The molecule has 104 valence electrons. The molecule has 0 bridgehead atoms. The molecular weight excluding hydrogens is 261 g/mol. The zero-order chi connectivity index (χ0) is 14.5. The third-order valence-electron chi connectivity index (χ3n) is 2.19. The van der Waals surface area contributed by atoms with Crippen molar-refractivity contribution >= 4 is 0 Å². The van der Waals surface area contributed by atoms with E-state index < -0.39 is 12.6 Å². The highest BCUT2D eigenvalue weighted by Crippen LogP contribution is 2.37. The van der Waals surface area contributed by atoms with E-state index in [0.29, 0.717) is 22.8 Å². The van der Waals surface area contributed by atoms with E-state index in [0.717, 1.165) is 0 Å². The lowest BCUT2D eigenvalue weighted by Crippen LogP contribution is -2.04. The standard InChI is InChI=1S/C13H13F3O3/c1-17-10-7-9(5-4-6-13(14,15)16)8-11(18-2)12(10)19-3/h7-8H,6H2,1-3H3. The molecule has 0 N–H and O–H groups in total. The average Bonchev–Trinajstić information content (AvgIpc) is 2.35. The minimum Gasteiger partial charge on any atom is -0.493 e. The molecular formula is C13H13F3O3. The first-order valence-electron chi connectivity index (χ1n) is 5.27. The van der Waals surface area contributed by atoms with Gasteiger partial charge in [-0.3, -0.25) is 0 Å². The summed E-state index contributed by atoms with van der Waals surface area (Å²) in [5, 5.41) is 0. The molecule has 0 aliphatic carbocycles. The lowest BCUT2D eigenvalue weighted by Gasteiger charge is -2.12. The molecule has 0 aliphatic heterocycles. The first-order chi connectivity index (χ1) is 8.91. The lowest BCUT2D eigenvalue weighted by atomic mass is 10.2. The summed E-state index contributed by atoms with van der Waals surface area (Å²) in [6.45, 7) is 0. The van der Waals surface area contributed by atoms with Crippen molar-refractivity contribution in [3.05, 3.63) is 17.7 Å². The number of methoxy groups -OCH3 is 3. The zero-order valence-electron chi connectivity index (χ0n) is 10.7. The smallest absolute Gasteiger partial charge is 0.399 e. The summed E-state index contributed by atoms with van der Waals surface area (Å²) in [5.41, 5.74) is 0.360. The molecule has 6 heteroatoms. The van der Waals surface area contributed by atoms with E-state index in [4.69, 9.17) is 14.2 Å². The van der Waals surface area contributed by atoms with Crippen LogP contribution in [-0.4, -0.2) is 27.5 Å². The third kappa shape index (κ3) is 4.28. The van der Waals surface area contributed by atoms with Crippen molar-refractivity contribution in [2.75, 3.05) is 21.3 Å². The molecule has 0 heterocycles. The van der Waals surface area contributed by atoms with Crippen molar-refractivity contribution < 1.29 is 27.4 Å². The highest BCUT2D eigenvalue weighted by molar-refractivity contribution is 5.57. The summed E-state index contributed by atoms with van der Waals surface area (Å²) in [6, 6.07) is 2.98. The van der Waals surface area contributed by atoms with E-state index in [9.17, 15) is 13.2 Å². The van der Waals surface area contributed by atoms with Crippen molar-refractivity contribution in [2.45, 2.75) is 12.6 Å². The molecule has 1 rings (SSSR count). The summed E-state index contributed by atoms with van der Waals surface area (Å²) < 4.78 is 51.2. The first-order valence-corrected chi connectivity index (χ1v) is 5.27. The van der Waals surface area contributed by atoms with Gasteiger partial charge in [0.25, 0.3) is 0 Å². The highest BCUT2D eigenvalue weighted by atomic mass is 19.4. The van der Waals surface area contributed by atoms with Crippen LogP contribution in [-0.2, 0) is 0 Å². The maximum atomic E-state index is 12.0. The van der Waals surface area contributed by atoms with Crippen molar-refractivity contribution in [3.8, 4) is 29.1 Å². The van der Waals surface area contributed by atoms with Gasteiger partial charge in [-0.05, 0) is 12.1 Å². The predicted octanol–water partition coefficient (Wildman–Crippen LogP) is 3.02. The van der Waals surface area contributed by atoms with Gasteiger partial charge in [0, 0.05) is 5.56 Å². The van der Waals surface area contributed by atoms with Crippen LogP contribution in [0.15, 0.2) is 12.1 Å². The van der Waals surface area contributed by atoms with Gasteiger partial charge in [-0.2, -0.15) is 13.2 Å². The number of rotatable bonds is 3. The third-order valence-corrected chi connectivity index (χ3v) is 2.19. The Labute approximate surface area is 109 Å². The Morgan fingerprint density at radius 1 is 1.00 bits per heavy atom. The van der Waals surface area contributed by atoms with Crippen molar-refractivity contribution in [2.24, 2.45) is 0 Å². The Hall–Kier alpha value is -2.03. The summed E-state index contributed by atoms with van der Waals surface area (Å²) in [5.74, 6) is 5.53. The van der Waals surface area contributed by atoms with Crippen molar-refractivity contribution in [3.63, 3.8) is 0 Å². The fourth-order valence-electron chi connectivity index (χ4n) is 1.40. The topological polar surface area (TPSA) is 27.7 Å². The van der Waals surface area contributed by atoms with Gasteiger partial charge in [0.05, 0.1) is 21.3 Å². The molecule has 0 radical (unpaired) electrons. The molecule has 1 aromatic rings. The van der Waals surface area contributed by atoms with E-state index in [-0.39, 0.29) is 0 Å². The number of hydrogen-bond donors (Lipinski definition) is 0. The highest BCUT2D eigenvalue weighted by Gasteiger charge is 2.25. The van der Waals surface area contributed by atoms with E-state index in [1.54, 1.807) is 0 Å². The molecule has 0 atom stereocenters. The van der Waals surface area contributed by atoms with Crippen molar-refractivity contribution in [1.82, 2.24) is 0 Å². The molecule has 3 nitrogen and oxygen atoms in total. The summed E-state index contributed by atoms with van der Waals surface area (Å²) >= 11 is 0. The van der Waals surface area contributed by atoms with E-state index in [1.807, 2.05) is 0 Å². The summed E-state index contributed by atoms with van der Waals surface area (Å²) in [7, 11) is 4.28. The number of alkyl halides is 3. The molecule has 0 fully saturated rings. The Kier molecular flexibility index (Phi) is 4.93. The van der Waals surface area contributed by atoms with Crippen LogP contribution >= 0.6 is 0 Å². The second-order valence-electron chi connectivity index (χ2n) is 3.51. The monoisotopic (exact) mass is 274 g/mol. The fraction of sp³-hybridized carbons (Fsp3) is 0.385. The summed E-state index contributed by atoms with van der Waals surface area (Å²) in [4.78, 5) is 0. The van der Waals surface area contributed by atoms with Crippen molar-refractivity contribution in [1.29, 1.82) is 0 Å². The molecule has 0 aliphatic rings. The molecule has 0 aromatic heterocycles. The van der Waals surface area contributed by atoms with E-state index >= 15 is 0 Å². The van der Waals surface area contributed by atoms with Crippen LogP contribution in [0.2, 0.25) is 0 Å². The number of hydrogen-bond acceptors (Lipinski definition) is 3. The van der Waals surface area contributed by atoms with Crippen LogP contribution in [0.1, 0.15) is 12.0 Å². The molecule has 0 spiro atoms. The molecule has 0 unspecified atom stereocenters. The molecule has 1 aromatic carbocycles. The number of benzene rings is 1. The second-order valence-corrected chi connectivity index (χ2v) is 3.51. The van der Waals surface area contributed by atoms with Crippen LogP contribution in [0.25, 0.3) is 0 Å². The molecule has 0 saturated heterocycles. The first kappa shape index (κ1) is 15.0. The Bertz CT molecular complexity index is 473. The van der Waals surface area contributed by atoms with Gasteiger partial charge in [0.15, 0.2) is 11.5 Å². The average molecular weight is 274 g/mol. The Morgan fingerprint density at radius 2 is 1.53 bits per heavy atom. The van der Waals surface area contributed by atoms with Crippen LogP contribution in [0.3, 0.4) is 0 Å². The van der Waals surface area contributed by atoms with Crippen LogP contribution in [0.5, 0.6) is 17.2 Å². The number of ether oxygens (including phenoxy) is 3. The van der Waals surface area contributed by atoms with Gasteiger partial charge in [0.2, 0.25) is 5.75 Å². The minimum atomic E-state index is -4.30. The van der Waals surface area contributed by atoms with Crippen LogP contribution in [0, 0.1) is 11.8 Å². The van der Waals surface area contributed by atoms with E-state index in [2.05, 4.69) is 11.8 Å². The van der Waals surface area contributed by atoms with Gasteiger partial charge < -0.3 is 14.2 Å². The minimum absolute atomic E-state index is 0.346. The molecule has 19 heavy (non-hydrogen) atoms. The zero-order valence-corrected chi connectivity index (χ0v) is 10.7. The van der Waals surface area contributed by atoms with Gasteiger partial charge in [0.1, 0.15) is 6.42 Å². The fourth-order valence-corrected chi connectivity index (χ4v) is 1.40. The quantitative estimate of drug-likeness (QED) is 0.793. The largest absolute Gasteiger partial charge is 0.493 e. The normalized spacial score (nSPS) is 10.4. The number of halogens is 3. The van der Waals surface area contributed by atoms with Crippen LogP contribution < -0.4 is 14.2 Å².